The first-order chi connectivity index (χ1) is 7.27. The summed E-state index contributed by atoms with van der Waals surface area (Å²) in [6, 6.07) is 0. The van der Waals surface area contributed by atoms with Crippen LogP contribution in [0.2, 0.25) is 0 Å². The highest BCUT2D eigenvalue weighted by Crippen LogP contribution is 2.00. The van der Waals surface area contributed by atoms with Gasteiger partial charge in [-0.1, -0.05) is 0 Å². The molecule has 98 valence electrons. The van der Waals surface area contributed by atoms with E-state index in [4.69, 9.17) is 4.74 Å². The van der Waals surface area contributed by atoms with Gasteiger partial charge in [-0.3, -0.25) is 0 Å². The van der Waals surface area contributed by atoms with Crippen LogP contribution in [0.25, 0.3) is 0 Å². The second-order valence-corrected chi connectivity index (χ2v) is 7.33. The molecule has 0 fully saturated rings. The van der Waals surface area contributed by atoms with Crippen LogP contribution in [0.1, 0.15) is 33.6 Å². The van der Waals surface area contributed by atoms with Gasteiger partial charge in [0.15, 0.2) is 0 Å². The van der Waals surface area contributed by atoms with Crippen LogP contribution in [-0.2, 0) is 14.6 Å². The molecule has 0 aliphatic carbocycles. The van der Waals surface area contributed by atoms with Crippen LogP contribution in [0.15, 0.2) is 0 Å². The fourth-order valence-corrected chi connectivity index (χ4v) is 2.63. The zero-order valence-electron chi connectivity index (χ0n) is 10.9. The summed E-state index contributed by atoms with van der Waals surface area (Å²) in [6.07, 6.45) is 1.26. The molecule has 0 amide bonds. The van der Waals surface area contributed by atoms with Gasteiger partial charge in [-0.25, -0.2) is 8.42 Å². The Morgan fingerprint density at radius 2 is 1.69 bits per heavy atom. The maximum Gasteiger partial charge on any atom is 0.150 e. The Morgan fingerprint density at radius 3 is 2.19 bits per heavy atom. The zero-order valence-corrected chi connectivity index (χ0v) is 11.7. The van der Waals surface area contributed by atoms with Crippen LogP contribution >= 0.6 is 0 Å². The molecule has 0 aromatic heterocycles. The summed E-state index contributed by atoms with van der Waals surface area (Å²) in [5.41, 5.74) is 0.0554. The van der Waals surface area contributed by atoms with E-state index in [1.807, 2.05) is 0 Å². The largest absolute Gasteiger partial charge is 0.385 e. The highest BCUT2D eigenvalue weighted by atomic mass is 32.2. The van der Waals surface area contributed by atoms with Crippen molar-refractivity contribution in [1.29, 1.82) is 0 Å². The lowest BCUT2D eigenvalue weighted by molar-refractivity contribution is 0.199. The fraction of sp³-hybridized carbons (Fsp3) is 1.00. The predicted molar refractivity (Wildman–Crippen MR) is 67.5 cm³/mol. The molecule has 0 aliphatic rings. The van der Waals surface area contributed by atoms with Crippen LogP contribution in [0.3, 0.4) is 0 Å². The third-order valence-electron chi connectivity index (χ3n) is 2.09. The molecule has 0 bridgehead atoms. The van der Waals surface area contributed by atoms with Gasteiger partial charge in [0.1, 0.15) is 9.84 Å². The Bertz CT molecular complexity index is 267. The van der Waals surface area contributed by atoms with Gasteiger partial charge in [0.2, 0.25) is 0 Å². The Kier molecular flexibility index (Phi) is 7.19. The minimum atomic E-state index is -2.89. The van der Waals surface area contributed by atoms with Gasteiger partial charge >= 0.3 is 0 Å². The Balaban J connectivity index is 3.67. The van der Waals surface area contributed by atoms with Crippen molar-refractivity contribution >= 4 is 9.84 Å². The maximum absolute atomic E-state index is 11.5. The number of hydrogen-bond donors (Lipinski definition) is 1. The molecule has 0 unspecified atom stereocenters. The van der Waals surface area contributed by atoms with E-state index in [-0.39, 0.29) is 17.0 Å². The topological polar surface area (TPSA) is 55.4 Å². The monoisotopic (exact) mass is 251 g/mol. The van der Waals surface area contributed by atoms with Crippen LogP contribution < -0.4 is 5.32 Å². The number of methoxy groups -OCH3 is 1. The van der Waals surface area contributed by atoms with E-state index in [0.717, 1.165) is 6.54 Å². The van der Waals surface area contributed by atoms with Crippen LogP contribution in [0.5, 0.6) is 0 Å². The molecule has 0 saturated heterocycles. The van der Waals surface area contributed by atoms with Crippen molar-refractivity contribution in [2.24, 2.45) is 0 Å². The highest BCUT2D eigenvalue weighted by molar-refractivity contribution is 7.91. The third kappa shape index (κ3) is 10.4. The van der Waals surface area contributed by atoms with Crippen molar-refractivity contribution in [3.05, 3.63) is 0 Å². The van der Waals surface area contributed by atoms with Crippen molar-refractivity contribution < 1.29 is 13.2 Å². The van der Waals surface area contributed by atoms with Gasteiger partial charge in [0.25, 0.3) is 0 Å². The van der Waals surface area contributed by atoms with Crippen molar-refractivity contribution in [1.82, 2.24) is 5.32 Å². The summed E-state index contributed by atoms with van der Waals surface area (Å²) >= 11 is 0. The molecule has 0 radical (unpaired) electrons. The van der Waals surface area contributed by atoms with Crippen molar-refractivity contribution in [2.45, 2.75) is 39.2 Å². The molecule has 0 heterocycles. The molecule has 0 rings (SSSR count). The average molecular weight is 251 g/mol. The third-order valence-corrected chi connectivity index (χ3v) is 3.91. The quantitative estimate of drug-likeness (QED) is 0.659. The summed E-state index contributed by atoms with van der Waals surface area (Å²) in [5, 5.41) is 3.27. The summed E-state index contributed by atoms with van der Waals surface area (Å²) < 4.78 is 27.9. The van der Waals surface area contributed by atoms with E-state index < -0.39 is 9.84 Å². The number of nitrogens with one attached hydrogen (secondary N) is 1. The van der Waals surface area contributed by atoms with E-state index in [0.29, 0.717) is 19.4 Å². The molecule has 0 atom stereocenters. The normalized spacial score (nSPS) is 13.0. The van der Waals surface area contributed by atoms with E-state index >= 15 is 0 Å². The molecule has 0 saturated carbocycles. The van der Waals surface area contributed by atoms with Gasteiger partial charge in [-0.2, -0.15) is 0 Å². The summed E-state index contributed by atoms with van der Waals surface area (Å²) in [7, 11) is -1.31. The van der Waals surface area contributed by atoms with Gasteiger partial charge in [-0.15, -0.1) is 0 Å². The fourth-order valence-electron chi connectivity index (χ4n) is 1.28. The molecule has 0 aromatic carbocycles. The van der Waals surface area contributed by atoms with Crippen molar-refractivity contribution in [3.8, 4) is 0 Å². The smallest absolute Gasteiger partial charge is 0.150 e. The second kappa shape index (κ2) is 7.25. The molecular weight excluding hydrogens is 226 g/mol. The SMILES string of the molecule is COCCCS(=O)(=O)CCCNC(C)(C)C. The lowest BCUT2D eigenvalue weighted by atomic mass is 10.1. The molecule has 0 aromatic rings. The number of rotatable bonds is 8. The lowest BCUT2D eigenvalue weighted by Gasteiger charge is -2.20. The average Bonchev–Trinajstić information content (AvgIpc) is 2.11. The number of ether oxygens (including phenoxy) is 1. The van der Waals surface area contributed by atoms with Gasteiger partial charge in [-0.05, 0) is 40.2 Å². The van der Waals surface area contributed by atoms with Gasteiger partial charge in [0.05, 0.1) is 11.5 Å². The van der Waals surface area contributed by atoms with Crippen LogP contribution in [0, 0.1) is 0 Å². The Hall–Kier alpha value is -0.130. The standard InChI is InChI=1S/C11H25NO3S/c1-11(2,3)12-7-5-9-16(13,14)10-6-8-15-4/h12H,5-10H2,1-4H3. The van der Waals surface area contributed by atoms with Crippen molar-refractivity contribution in [2.75, 3.05) is 31.8 Å². The first kappa shape index (κ1) is 15.9. The lowest BCUT2D eigenvalue weighted by Crippen LogP contribution is -2.37. The van der Waals surface area contributed by atoms with Crippen LogP contribution in [0.4, 0.5) is 0 Å². The van der Waals surface area contributed by atoms with E-state index in [1.54, 1.807) is 7.11 Å². The first-order valence-electron chi connectivity index (χ1n) is 5.71. The van der Waals surface area contributed by atoms with E-state index in [1.165, 1.54) is 0 Å². The molecule has 0 aliphatic heterocycles. The number of hydrogen-bond acceptors (Lipinski definition) is 4. The molecule has 16 heavy (non-hydrogen) atoms. The Morgan fingerprint density at radius 1 is 1.12 bits per heavy atom. The molecule has 1 N–H and O–H groups in total. The van der Waals surface area contributed by atoms with E-state index in [2.05, 4.69) is 26.1 Å². The maximum atomic E-state index is 11.5. The second-order valence-electron chi connectivity index (χ2n) is 5.03. The molecule has 5 heteroatoms. The van der Waals surface area contributed by atoms with Gasteiger partial charge < -0.3 is 10.1 Å². The Labute approximate surface area is 99.7 Å². The molecule has 4 nitrogen and oxygen atoms in total. The minimum absolute atomic E-state index is 0.0554. The zero-order chi connectivity index (χ0) is 12.7. The molecular formula is C11H25NO3S. The van der Waals surface area contributed by atoms with Crippen molar-refractivity contribution in [3.63, 3.8) is 0 Å². The summed E-state index contributed by atoms with van der Waals surface area (Å²) in [6.45, 7) is 7.47. The summed E-state index contributed by atoms with van der Waals surface area (Å²) in [4.78, 5) is 0. The van der Waals surface area contributed by atoms with E-state index in [9.17, 15) is 8.42 Å². The molecule has 0 spiro atoms. The highest BCUT2D eigenvalue weighted by Gasteiger charge is 2.12. The first-order valence-corrected chi connectivity index (χ1v) is 7.53. The van der Waals surface area contributed by atoms with Gasteiger partial charge in [0, 0.05) is 19.3 Å². The predicted octanol–water partition coefficient (Wildman–Crippen LogP) is 1.22. The number of sulfone groups is 1. The summed E-state index contributed by atoms with van der Waals surface area (Å²) in [5.74, 6) is 0.496. The van der Waals surface area contributed by atoms with Crippen LogP contribution in [-0.4, -0.2) is 45.7 Å². The minimum Gasteiger partial charge on any atom is -0.385 e.